The van der Waals surface area contributed by atoms with E-state index in [-0.39, 0.29) is 31.7 Å². The predicted molar refractivity (Wildman–Crippen MR) is 116 cm³/mol. The second-order valence-electron chi connectivity index (χ2n) is 7.03. The first-order valence-corrected chi connectivity index (χ1v) is 10.1. The Morgan fingerprint density at radius 1 is 1.30 bits per heavy atom. The second-order valence-corrected chi connectivity index (χ2v) is 7.47. The van der Waals surface area contributed by atoms with Gasteiger partial charge in [0, 0.05) is 16.6 Å². The van der Waals surface area contributed by atoms with Gasteiger partial charge >= 0.3 is 5.97 Å². The van der Waals surface area contributed by atoms with E-state index in [4.69, 9.17) is 21.1 Å². The molecule has 1 aliphatic rings. The summed E-state index contributed by atoms with van der Waals surface area (Å²) >= 11 is 5.99. The Morgan fingerprint density at radius 2 is 2.10 bits per heavy atom. The summed E-state index contributed by atoms with van der Waals surface area (Å²) in [6.45, 7) is 1.70. The van der Waals surface area contributed by atoms with Crippen LogP contribution in [0.15, 0.2) is 36.4 Å². The molecule has 8 heteroatoms. The third-order valence-corrected chi connectivity index (χ3v) is 5.26. The van der Waals surface area contributed by atoms with Gasteiger partial charge in [-0.2, -0.15) is 0 Å². The summed E-state index contributed by atoms with van der Waals surface area (Å²) in [4.78, 5) is 11.5. The monoisotopic (exact) mass is 457 g/mol. The van der Waals surface area contributed by atoms with Crippen LogP contribution in [0.3, 0.4) is 0 Å². The van der Waals surface area contributed by atoms with Crippen molar-refractivity contribution in [1.29, 1.82) is 0 Å². The molecule has 164 valence electrons. The standard InChI is InChI=1S/C22H25ClFNO4.ClH/c1-2-28-22(27)13-29-18-7-4-14-3-6-17(9-15(14)10-18)25-21(12-26)19-11-16(23)5-8-20(19)24;/h4-5,7-8,10-11,17,21,25-26H,2-3,6,9,12-13H2,1H3;1H/t17?,21-;/m1./s1. The van der Waals surface area contributed by atoms with Crippen molar-refractivity contribution in [2.45, 2.75) is 38.3 Å². The number of aliphatic hydroxyl groups is 1. The van der Waals surface area contributed by atoms with Gasteiger partial charge in [0.25, 0.3) is 0 Å². The molecule has 0 saturated heterocycles. The molecular weight excluding hydrogens is 432 g/mol. The summed E-state index contributed by atoms with van der Waals surface area (Å²) in [6.07, 6.45) is 2.45. The minimum atomic E-state index is -0.538. The molecule has 2 N–H and O–H groups in total. The molecule has 0 amide bonds. The number of carbonyl (C=O) groups is 1. The molecule has 3 rings (SSSR count). The van der Waals surface area contributed by atoms with Gasteiger partial charge in [-0.25, -0.2) is 9.18 Å². The molecule has 1 aliphatic carbocycles. The number of nitrogens with one attached hydrogen (secondary N) is 1. The number of aryl methyl sites for hydroxylation is 1. The van der Waals surface area contributed by atoms with E-state index in [1.54, 1.807) is 13.0 Å². The Balaban J connectivity index is 0.00000320. The summed E-state index contributed by atoms with van der Waals surface area (Å²) in [5.74, 6) is -0.192. The number of aliphatic hydroxyl groups excluding tert-OH is 1. The minimum Gasteiger partial charge on any atom is -0.482 e. The van der Waals surface area contributed by atoms with Crippen LogP contribution in [-0.2, 0) is 22.4 Å². The number of esters is 1. The van der Waals surface area contributed by atoms with Crippen molar-refractivity contribution in [3.8, 4) is 5.75 Å². The zero-order chi connectivity index (χ0) is 20.8. The lowest BCUT2D eigenvalue weighted by Crippen LogP contribution is -2.39. The van der Waals surface area contributed by atoms with Gasteiger partial charge < -0.3 is 19.9 Å². The SMILES string of the molecule is CCOC(=O)COc1ccc2c(c1)CC(N[C@H](CO)c1cc(Cl)ccc1F)CC2.Cl. The summed E-state index contributed by atoms with van der Waals surface area (Å²) < 4.78 is 24.6. The summed E-state index contributed by atoms with van der Waals surface area (Å²) in [5.41, 5.74) is 2.69. The van der Waals surface area contributed by atoms with Crippen LogP contribution < -0.4 is 10.1 Å². The van der Waals surface area contributed by atoms with Crippen molar-refractivity contribution in [3.05, 3.63) is 63.9 Å². The topological polar surface area (TPSA) is 67.8 Å². The number of hydrogen-bond donors (Lipinski definition) is 2. The molecule has 0 heterocycles. The fourth-order valence-corrected chi connectivity index (χ4v) is 3.80. The van der Waals surface area contributed by atoms with Crippen LogP contribution in [0.1, 0.15) is 36.1 Å². The molecule has 1 unspecified atom stereocenters. The molecule has 0 fully saturated rings. The Kier molecular flexibility index (Phi) is 9.37. The van der Waals surface area contributed by atoms with Gasteiger partial charge in [-0.3, -0.25) is 0 Å². The maximum Gasteiger partial charge on any atom is 0.344 e. The quantitative estimate of drug-likeness (QED) is 0.585. The van der Waals surface area contributed by atoms with E-state index in [1.165, 1.54) is 17.7 Å². The highest BCUT2D eigenvalue weighted by molar-refractivity contribution is 6.30. The van der Waals surface area contributed by atoms with Crippen LogP contribution >= 0.6 is 24.0 Å². The highest BCUT2D eigenvalue weighted by Gasteiger charge is 2.24. The van der Waals surface area contributed by atoms with Gasteiger partial charge in [-0.1, -0.05) is 17.7 Å². The molecular formula is C22H26Cl2FNO4. The Morgan fingerprint density at radius 3 is 2.83 bits per heavy atom. The fraction of sp³-hybridized carbons (Fsp3) is 0.409. The van der Waals surface area contributed by atoms with Crippen molar-refractivity contribution in [3.63, 3.8) is 0 Å². The number of benzene rings is 2. The predicted octanol–water partition coefficient (Wildman–Crippen LogP) is 4.02. The molecule has 0 aliphatic heterocycles. The summed E-state index contributed by atoms with van der Waals surface area (Å²) in [5, 5.41) is 13.6. The van der Waals surface area contributed by atoms with E-state index >= 15 is 0 Å². The van der Waals surface area contributed by atoms with Crippen LogP contribution in [0, 0.1) is 5.82 Å². The Bertz CT molecular complexity index is 865. The number of hydrogen-bond acceptors (Lipinski definition) is 5. The zero-order valence-electron chi connectivity index (χ0n) is 16.7. The van der Waals surface area contributed by atoms with Crippen molar-refractivity contribution in [1.82, 2.24) is 5.32 Å². The third kappa shape index (κ3) is 6.32. The normalized spacial score (nSPS) is 16.2. The maximum atomic E-state index is 14.2. The molecule has 2 aromatic rings. The first kappa shape index (κ1) is 24.4. The number of fused-ring (bicyclic) bond motifs is 1. The second kappa shape index (κ2) is 11.5. The molecule has 0 bridgehead atoms. The van der Waals surface area contributed by atoms with Crippen LogP contribution in [0.25, 0.3) is 0 Å². The van der Waals surface area contributed by atoms with Crippen molar-refractivity contribution < 1.29 is 23.8 Å². The Hall–Kier alpha value is -1.86. The van der Waals surface area contributed by atoms with Gasteiger partial charge in [0.05, 0.1) is 19.3 Å². The highest BCUT2D eigenvalue weighted by atomic mass is 35.5. The lowest BCUT2D eigenvalue weighted by atomic mass is 9.87. The van der Waals surface area contributed by atoms with E-state index in [9.17, 15) is 14.3 Å². The Labute approximate surface area is 186 Å². The summed E-state index contributed by atoms with van der Waals surface area (Å²) in [6, 6.07) is 9.66. The molecule has 0 spiro atoms. The van der Waals surface area contributed by atoms with Crippen molar-refractivity contribution in [2.75, 3.05) is 19.8 Å². The lowest BCUT2D eigenvalue weighted by Gasteiger charge is -2.30. The number of rotatable bonds is 8. The minimum absolute atomic E-state index is 0. The smallest absolute Gasteiger partial charge is 0.344 e. The fourth-order valence-electron chi connectivity index (χ4n) is 3.62. The van der Waals surface area contributed by atoms with E-state index in [2.05, 4.69) is 5.32 Å². The number of halogens is 3. The van der Waals surface area contributed by atoms with E-state index in [0.29, 0.717) is 29.4 Å². The molecule has 0 radical (unpaired) electrons. The molecule has 0 saturated carbocycles. The zero-order valence-corrected chi connectivity index (χ0v) is 18.3. The third-order valence-electron chi connectivity index (χ3n) is 5.02. The maximum absolute atomic E-state index is 14.2. The molecule has 2 atom stereocenters. The first-order valence-electron chi connectivity index (χ1n) is 9.72. The lowest BCUT2D eigenvalue weighted by molar-refractivity contribution is -0.145. The largest absolute Gasteiger partial charge is 0.482 e. The first-order chi connectivity index (χ1) is 14.0. The van der Waals surface area contributed by atoms with Gasteiger partial charge in [0.2, 0.25) is 0 Å². The number of carbonyl (C=O) groups excluding carboxylic acids is 1. The average Bonchev–Trinajstić information content (AvgIpc) is 2.72. The van der Waals surface area contributed by atoms with Crippen molar-refractivity contribution in [2.24, 2.45) is 0 Å². The van der Waals surface area contributed by atoms with Crippen LogP contribution in [0.5, 0.6) is 5.75 Å². The van der Waals surface area contributed by atoms with Gasteiger partial charge in [-0.05, 0) is 67.6 Å². The van der Waals surface area contributed by atoms with Crippen LogP contribution in [0.2, 0.25) is 5.02 Å². The van der Waals surface area contributed by atoms with E-state index in [1.807, 2.05) is 18.2 Å². The van der Waals surface area contributed by atoms with Crippen molar-refractivity contribution >= 4 is 30.0 Å². The molecule has 2 aromatic carbocycles. The van der Waals surface area contributed by atoms with Crippen LogP contribution in [0.4, 0.5) is 4.39 Å². The van der Waals surface area contributed by atoms with E-state index < -0.39 is 17.8 Å². The van der Waals surface area contributed by atoms with Crippen LogP contribution in [-0.4, -0.2) is 36.9 Å². The average molecular weight is 458 g/mol. The highest BCUT2D eigenvalue weighted by Crippen LogP contribution is 2.28. The molecule has 5 nitrogen and oxygen atoms in total. The van der Waals surface area contributed by atoms with Gasteiger partial charge in [0.15, 0.2) is 6.61 Å². The molecule has 30 heavy (non-hydrogen) atoms. The summed E-state index contributed by atoms with van der Waals surface area (Å²) in [7, 11) is 0. The van der Waals surface area contributed by atoms with Gasteiger partial charge in [-0.15, -0.1) is 12.4 Å². The van der Waals surface area contributed by atoms with E-state index in [0.717, 1.165) is 18.4 Å². The number of ether oxygens (including phenoxy) is 2. The molecule has 0 aromatic heterocycles. The van der Waals surface area contributed by atoms with Gasteiger partial charge in [0.1, 0.15) is 11.6 Å².